The Hall–Kier alpha value is -1.50. The number of imidazole rings is 1. The predicted octanol–water partition coefficient (Wildman–Crippen LogP) is 1.84. The third-order valence-electron chi connectivity index (χ3n) is 3.42. The van der Waals surface area contributed by atoms with Crippen LogP contribution in [0.5, 0.6) is 0 Å². The van der Waals surface area contributed by atoms with Crippen molar-refractivity contribution in [3.8, 4) is 6.07 Å². The molecule has 15 heavy (non-hydrogen) atoms. The molecule has 0 unspecified atom stereocenters. The lowest BCUT2D eigenvalue weighted by atomic mass is 9.85. The number of fused-ring (bicyclic) bond motifs is 1. The van der Waals surface area contributed by atoms with E-state index in [1.165, 1.54) is 19.3 Å². The molecule has 1 aromatic rings. The minimum atomic E-state index is 0.580. The van der Waals surface area contributed by atoms with E-state index in [2.05, 4.69) is 20.9 Å². The number of nitrogens with zero attached hydrogens (tertiary/aromatic N) is 3. The van der Waals surface area contributed by atoms with Crippen molar-refractivity contribution in [2.75, 3.05) is 11.9 Å². The Labute approximate surface area is 88.9 Å². The molecule has 0 bridgehead atoms. The monoisotopic (exact) mass is 202 g/mol. The normalized spacial score (nSPS) is 19.9. The molecule has 3 rings (SSSR count). The zero-order chi connectivity index (χ0) is 10.3. The topological polar surface area (TPSA) is 53.6 Å². The highest BCUT2D eigenvalue weighted by atomic mass is 15.2. The molecule has 0 aromatic carbocycles. The summed E-state index contributed by atoms with van der Waals surface area (Å²) in [5, 5.41) is 12.3. The van der Waals surface area contributed by atoms with Crippen LogP contribution in [0, 0.1) is 11.3 Å². The molecule has 0 saturated heterocycles. The van der Waals surface area contributed by atoms with Crippen LogP contribution in [0.4, 0.5) is 5.82 Å². The van der Waals surface area contributed by atoms with Crippen LogP contribution < -0.4 is 5.32 Å². The highest BCUT2D eigenvalue weighted by Gasteiger charge is 2.28. The van der Waals surface area contributed by atoms with E-state index in [-0.39, 0.29) is 0 Å². The Balaban J connectivity index is 2.06. The lowest BCUT2D eigenvalue weighted by Gasteiger charge is -2.27. The summed E-state index contributed by atoms with van der Waals surface area (Å²) in [5.41, 5.74) is 0.580. The average molecular weight is 202 g/mol. The van der Waals surface area contributed by atoms with Crippen LogP contribution in [0.3, 0.4) is 0 Å². The summed E-state index contributed by atoms with van der Waals surface area (Å²) < 4.78 is 2.21. The number of aromatic nitrogens is 2. The van der Waals surface area contributed by atoms with Gasteiger partial charge in [-0.05, 0) is 19.3 Å². The predicted molar refractivity (Wildman–Crippen MR) is 56.6 cm³/mol. The summed E-state index contributed by atoms with van der Waals surface area (Å²) in [4.78, 5) is 4.47. The fraction of sp³-hybridized carbons (Fsp3) is 0.636. The Bertz CT molecular complexity index is 423. The fourth-order valence-electron chi connectivity index (χ4n) is 2.38. The minimum Gasteiger partial charge on any atom is -0.369 e. The van der Waals surface area contributed by atoms with Gasteiger partial charge in [0.25, 0.3) is 0 Å². The van der Waals surface area contributed by atoms with Gasteiger partial charge in [0, 0.05) is 19.0 Å². The van der Waals surface area contributed by atoms with E-state index in [9.17, 15) is 0 Å². The van der Waals surface area contributed by atoms with Crippen molar-refractivity contribution in [1.82, 2.24) is 9.55 Å². The minimum absolute atomic E-state index is 0.580. The third-order valence-corrected chi connectivity index (χ3v) is 3.42. The van der Waals surface area contributed by atoms with E-state index in [0.29, 0.717) is 11.6 Å². The van der Waals surface area contributed by atoms with Gasteiger partial charge < -0.3 is 9.88 Å². The second-order valence-electron chi connectivity index (χ2n) is 4.34. The van der Waals surface area contributed by atoms with Gasteiger partial charge in [-0.1, -0.05) is 6.42 Å². The van der Waals surface area contributed by atoms with Gasteiger partial charge in [0.1, 0.15) is 17.7 Å². The summed E-state index contributed by atoms with van der Waals surface area (Å²) in [6.07, 6.45) is 4.92. The van der Waals surface area contributed by atoms with Crippen LogP contribution in [0.25, 0.3) is 0 Å². The molecule has 1 fully saturated rings. The summed E-state index contributed by atoms with van der Waals surface area (Å²) in [6.45, 7) is 1.98. The molecule has 1 aliphatic heterocycles. The van der Waals surface area contributed by atoms with Crippen LogP contribution in [0.2, 0.25) is 0 Å². The van der Waals surface area contributed by atoms with Crippen LogP contribution in [-0.2, 0) is 6.54 Å². The van der Waals surface area contributed by atoms with Crippen molar-refractivity contribution in [3.05, 3.63) is 11.5 Å². The molecule has 0 spiro atoms. The van der Waals surface area contributed by atoms with Gasteiger partial charge >= 0.3 is 0 Å². The molecule has 0 amide bonds. The van der Waals surface area contributed by atoms with Gasteiger partial charge in [-0.2, -0.15) is 5.26 Å². The second-order valence-corrected chi connectivity index (χ2v) is 4.34. The van der Waals surface area contributed by atoms with Crippen LogP contribution in [0.15, 0.2) is 0 Å². The molecule has 0 radical (unpaired) electrons. The van der Waals surface area contributed by atoms with Gasteiger partial charge in [-0.15, -0.1) is 0 Å². The molecule has 1 N–H and O–H groups in total. The average Bonchev–Trinajstić information content (AvgIpc) is 2.55. The van der Waals surface area contributed by atoms with Crippen molar-refractivity contribution >= 4 is 5.82 Å². The maximum absolute atomic E-state index is 9.01. The number of nitrogens with one attached hydrogen (secondary N) is 1. The summed E-state index contributed by atoms with van der Waals surface area (Å²) >= 11 is 0. The highest BCUT2D eigenvalue weighted by Crippen LogP contribution is 2.38. The molecule has 1 aromatic heterocycles. The summed E-state index contributed by atoms with van der Waals surface area (Å²) in [7, 11) is 0. The number of rotatable bonds is 1. The van der Waals surface area contributed by atoms with E-state index in [0.717, 1.165) is 31.2 Å². The Morgan fingerprint density at radius 1 is 1.40 bits per heavy atom. The maximum Gasteiger partial charge on any atom is 0.183 e. The van der Waals surface area contributed by atoms with Crippen molar-refractivity contribution in [2.24, 2.45) is 0 Å². The zero-order valence-electron chi connectivity index (χ0n) is 8.66. The molecule has 1 saturated carbocycles. The Kier molecular flexibility index (Phi) is 1.91. The van der Waals surface area contributed by atoms with Crippen molar-refractivity contribution in [3.63, 3.8) is 0 Å². The van der Waals surface area contributed by atoms with Crippen molar-refractivity contribution < 1.29 is 0 Å². The molecule has 1 aliphatic carbocycles. The fourth-order valence-corrected chi connectivity index (χ4v) is 2.38. The van der Waals surface area contributed by atoms with E-state index in [4.69, 9.17) is 5.26 Å². The smallest absolute Gasteiger partial charge is 0.183 e. The standard InChI is InChI=1S/C11H14N4/c12-7-9-11-13-5-2-6-15(11)10(14-9)8-3-1-4-8/h8,13H,1-6H2. The number of hydrogen-bond donors (Lipinski definition) is 1. The lowest BCUT2D eigenvalue weighted by molar-refractivity contribution is 0.384. The van der Waals surface area contributed by atoms with E-state index in [1.807, 2.05) is 0 Å². The quantitative estimate of drug-likeness (QED) is 0.756. The number of nitriles is 1. The van der Waals surface area contributed by atoms with Crippen molar-refractivity contribution in [1.29, 1.82) is 5.26 Å². The maximum atomic E-state index is 9.01. The molecule has 2 aliphatic rings. The van der Waals surface area contributed by atoms with Gasteiger partial charge in [0.05, 0.1) is 0 Å². The Morgan fingerprint density at radius 3 is 2.93 bits per heavy atom. The van der Waals surface area contributed by atoms with E-state index >= 15 is 0 Å². The van der Waals surface area contributed by atoms with Gasteiger partial charge in [0.2, 0.25) is 0 Å². The molecular formula is C11H14N4. The first-order valence-electron chi connectivity index (χ1n) is 5.64. The Morgan fingerprint density at radius 2 is 2.27 bits per heavy atom. The van der Waals surface area contributed by atoms with Gasteiger partial charge in [-0.25, -0.2) is 4.98 Å². The first kappa shape index (κ1) is 8.78. The first-order valence-corrected chi connectivity index (χ1v) is 5.64. The molecular weight excluding hydrogens is 188 g/mol. The number of hydrogen-bond acceptors (Lipinski definition) is 3. The second kappa shape index (κ2) is 3.27. The SMILES string of the molecule is N#Cc1nc(C2CCC2)n2c1NCCC2. The third kappa shape index (κ3) is 1.23. The summed E-state index contributed by atoms with van der Waals surface area (Å²) in [6, 6.07) is 2.18. The molecule has 2 heterocycles. The summed E-state index contributed by atoms with van der Waals surface area (Å²) in [5.74, 6) is 2.69. The largest absolute Gasteiger partial charge is 0.369 e. The first-order chi connectivity index (χ1) is 7.40. The lowest BCUT2D eigenvalue weighted by Crippen LogP contribution is -2.21. The number of anilines is 1. The van der Waals surface area contributed by atoms with E-state index in [1.54, 1.807) is 0 Å². The van der Waals surface area contributed by atoms with Gasteiger partial charge in [-0.3, -0.25) is 0 Å². The van der Waals surface area contributed by atoms with Crippen LogP contribution in [0.1, 0.15) is 43.1 Å². The molecule has 4 nitrogen and oxygen atoms in total. The molecule has 78 valence electrons. The van der Waals surface area contributed by atoms with Crippen LogP contribution >= 0.6 is 0 Å². The van der Waals surface area contributed by atoms with Crippen molar-refractivity contribution in [2.45, 2.75) is 38.1 Å². The van der Waals surface area contributed by atoms with E-state index < -0.39 is 0 Å². The van der Waals surface area contributed by atoms with Crippen LogP contribution in [-0.4, -0.2) is 16.1 Å². The zero-order valence-corrected chi connectivity index (χ0v) is 8.66. The molecule has 4 heteroatoms. The molecule has 0 atom stereocenters. The highest BCUT2D eigenvalue weighted by molar-refractivity contribution is 5.51. The van der Waals surface area contributed by atoms with Gasteiger partial charge in [0.15, 0.2) is 5.69 Å².